The molecule has 1 aromatic rings. The second kappa shape index (κ2) is 6.69. The van der Waals surface area contributed by atoms with E-state index in [0.717, 1.165) is 19.4 Å². The maximum atomic E-state index is 12.2. The van der Waals surface area contributed by atoms with Gasteiger partial charge >= 0.3 is 5.76 Å². The van der Waals surface area contributed by atoms with Crippen LogP contribution in [0.25, 0.3) is 0 Å². The number of ether oxygens (including phenoxy) is 1. The number of carbonyl (C=O) groups excluding carboxylic acids is 1. The van der Waals surface area contributed by atoms with E-state index in [1.54, 1.807) is 0 Å². The summed E-state index contributed by atoms with van der Waals surface area (Å²) in [5.74, 6) is 0.0924. The molecule has 1 aromatic heterocycles. The van der Waals surface area contributed by atoms with Gasteiger partial charge in [0.15, 0.2) is 5.82 Å². The Kier molecular flexibility index (Phi) is 4.94. The molecular weight excluding hydrogens is 262 g/mol. The van der Waals surface area contributed by atoms with E-state index >= 15 is 0 Å². The van der Waals surface area contributed by atoms with Gasteiger partial charge in [0.25, 0.3) is 0 Å². The number of carbonyl (C=O) groups is 1. The molecule has 1 saturated heterocycles. The summed E-state index contributed by atoms with van der Waals surface area (Å²) in [6.07, 6.45) is 2.20. The SMILES string of the molecule is CC(C)C1OCCCC1C(=O)NCCc1noc(=O)[nH]1. The maximum absolute atomic E-state index is 12.2. The maximum Gasteiger partial charge on any atom is 0.438 e. The minimum Gasteiger partial charge on any atom is -0.377 e. The standard InChI is InChI=1S/C13H21N3O4/c1-8(2)11-9(4-3-7-19-11)12(17)14-6-5-10-15-13(18)20-16-10/h8-9,11H,3-7H2,1-2H3,(H,14,17)(H,15,16,18). The minimum atomic E-state index is -0.577. The second-order valence-electron chi connectivity index (χ2n) is 5.41. The van der Waals surface area contributed by atoms with E-state index in [1.807, 2.05) is 0 Å². The number of rotatable bonds is 5. The molecule has 7 nitrogen and oxygen atoms in total. The normalized spacial score (nSPS) is 22.9. The molecule has 7 heteroatoms. The molecule has 2 rings (SSSR count). The summed E-state index contributed by atoms with van der Waals surface area (Å²) in [5.41, 5.74) is 0. The fourth-order valence-corrected chi connectivity index (χ4v) is 2.54. The van der Waals surface area contributed by atoms with E-state index in [0.29, 0.717) is 24.7 Å². The summed E-state index contributed by atoms with van der Waals surface area (Å²) < 4.78 is 10.1. The zero-order chi connectivity index (χ0) is 14.5. The van der Waals surface area contributed by atoms with Crippen molar-refractivity contribution in [1.82, 2.24) is 15.5 Å². The average Bonchev–Trinajstić information content (AvgIpc) is 2.84. The van der Waals surface area contributed by atoms with E-state index in [9.17, 15) is 9.59 Å². The number of amides is 1. The number of nitrogens with one attached hydrogen (secondary N) is 2. The molecule has 2 heterocycles. The Hall–Kier alpha value is -1.63. The topological polar surface area (TPSA) is 97.2 Å². The van der Waals surface area contributed by atoms with Crippen LogP contribution in [0, 0.1) is 11.8 Å². The zero-order valence-corrected chi connectivity index (χ0v) is 11.8. The lowest BCUT2D eigenvalue weighted by Crippen LogP contribution is -2.44. The van der Waals surface area contributed by atoms with Crippen molar-refractivity contribution in [1.29, 1.82) is 0 Å². The molecule has 20 heavy (non-hydrogen) atoms. The molecule has 1 aliphatic rings. The van der Waals surface area contributed by atoms with Crippen molar-refractivity contribution >= 4 is 5.91 Å². The highest BCUT2D eigenvalue weighted by atomic mass is 16.5. The summed E-state index contributed by atoms with van der Waals surface area (Å²) in [4.78, 5) is 25.4. The number of aromatic amines is 1. The predicted molar refractivity (Wildman–Crippen MR) is 71.1 cm³/mol. The number of aromatic nitrogens is 2. The Bertz CT molecular complexity index is 494. The van der Waals surface area contributed by atoms with Crippen molar-refractivity contribution in [2.45, 2.75) is 39.2 Å². The molecule has 0 aromatic carbocycles. The fraction of sp³-hybridized carbons (Fsp3) is 0.769. The molecule has 2 atom stereocenters. The van der Waals surface area contributed by atoms with Crippen molar-refractivity contribution in [3.8, 4) is 0 Å². The van der Waals surface area contributed by atoms with E-state index < -0.39 is 5.76 Å². The number of H-pyrrole nitrogens is 1. The minimum absolute atomic E-state index is 0.00856. The Labute approximate surface area is 117 Å². The lowest BCUT2D eigenvalue weighted by Gasteiger charge is -2.33. The third-order valence-corrected chi connectivity index (χ3v) is 3.51. The molecule has 0 aliphatic carbocycles. The van der Waals surface area contributed by atoms with E-state index in [1.165, 1.54) is 0 Å². The monoisotopic (exact) mass is 283 g/mol. The van der Waals surface area contributed by atoms with Crippen LogP contribution >= 0.6 is 0 Å². The first-order valence-corrected chi connectivity index (χ1v) is 7.02. The van der Waals surface area contributed by atoms with Gasteiger partial charge in [-0.2, -0.15) is 0 Å². The lowest BCUT2D eigenvalue weighted by molar-refractivity contribution is -0.137. The molecule has 0 bridgehead atoms. The van der Waals surface area contributed by atoms with Crippen molar-refractivity contribution in [2.75, 3.05) is 13.2 Å². The molecule has 0 radical (unpaired) electrons. The van der Waals surface area contributed by atoms with Crippen LogP contribution < -0.4 is 11.1 Å². The van der Waals surface area contributed by atoms with Gasteiger partial charge in [-0.3, -0.25) is 14.3 Å². The van der Waals surface area contributed by atoms with E-state index in [-0.39, 0.29) is 17.9 Å². The van der Waals surface area contributed by atoms with Crippen LogP contribution in [0.3, 0.4) is 0 Å². The smallest absolute Gasteiger partial charge is 0.377 e. The van der Waals surface area contributed by atoms with Crippen LogP contribution in [-0.2, 0) is 16.0 Å². The average molecular weight is 283 g/mol. The van der Waals surface area contributed by atoms with Crippen LogP contribution in [0.5, 0.6) is 0 Å². The molecule has 1 amide bonds. The van der Waals surface area contributed by atoms with Crippen LogP contribution in [0.4, 0.5) is 0 Å². The van der Waals surface area contributed by atoms with Gasteiger partial charge in [-0.05, 0) is 18.8 Å². The third kappa shape index (κ3) is 3.69. The van der Waals surface area contributed by atoms with Crippen molar-refractivity contribution in [3.05, 3.63) is 16.4 Å². The molecule has 1 fully saturated rings. The zero-order valence-electron chi connectivity index (χ0n) is 11.8. The van der Waals surface area contributed by atoms with Crippen LogP contribution in [-0.4, -0.2) is 35.3 Å². The van der Waals surface area contributed by atoms with Gasteiger partial charge in [0.05, 0.1) is 12.0 Å². The van der Waals surface area contributed by atoms with Crippen molar-refractivity contribution in [2.24, 2.45) is 11.8 Å². The molecule has 112 valence electrons. The molecule has 1 aliphatic heterocycles. The first kappa shape index (κ1) is 14.8. The summed E-state index contributed by atoms with van der Waals surface area (Å²) in [6.45, 7) is 5.28. The van der Waals surface area contributed by atoms with E-state index in [4.69, 9.17) is 4.74 Å². The molecule has 0 spiro atoms. The Morgan fingerprint density at radius 1 is 1.55 bits per heavy atom. The Balaban J connectivity index is 1.82. The van der Waals surface area contributed by atoms with Gasteiger partial charge in [-0.15, -0.1) is 0 Å². The summed E-state index contributed by atoms with van der Waals surface area (Å²) in [7, 11) is 0. The van der Waals surface area contributed by atoms with E-state index in [2.05, 4.69) is 33.8 Å². The molecule has 2 unspecified atom stereocenters. The van der Waals surface area contributed by atoms with Crippen LogP contribution in [0.1, 0.15) is 32.5 Å². The molecule has 0 saturated carbocycles. The lowest BCUT2D eigenvalue weighted by atomic mass is 9.87. The first-order chi connectivity index (χ1) is 9.58. The first-order valence-electron chi connectivity index (χ1n) is 7.02. The highest BCUT2D eigenvalue weighted by Gasteiger charge is 2.33. The summed E-state index contributed by atoms with van der Waals surface area (Å²) in [6, 6.07) is 0. The fourth-order valence-electron chi connectivity index (χ4n) is 2.54. The largest absolute Gasteiger partial charge is 0.438 e. The Morgan fingerprint density at radius 3 is 3.00 bits per heavy atom. The highest BCUT2D eigenvalue weighted by molar-refractivity contribution is 5.79. The number of hydrogen-bond donors (Lipinski definition) is 2. The van der Waals surface area contributed by atoms with Crippen molar-refractivity contribution < 1.29 is 14.1 Å². The van der Waals surface area contributed by atoms with Gasteiger partial charge < -0.3 is 10.1 Å². The van der Waals surface area contributed by atoms with Gasteiger partial charge in [-0.25, -0.2) is 4.79 Å². The van der Waals surface area contributed by atoms with Gasteiger partial charge in [0, 0.05) is 19.6 Å². The van der Waals surface area contributed by atoms with Gasteiger partial charge in [0.1, 0.15) is 0 Å². The third-order valence-electron chi connectivity index (χ3n) is 3.51. The van der Waals surface area contributed by atoms with Gasteiger partial charge in [0.2, 0.25) is 5.91 Å². The predicted octanol–water partition coefficient (Wildman–Crippen LogP) is 0.473. The quantitative estimate of drug-likeness (QED) is 0.819. The number of nitrogens with zero attached hydrogens (tertiary/aromatic N) is 1. The van der Waals surface area contributed by atoms with Crippen LogP contribution in [0.2, 0.25) is 0 Å². The highest BCUT2D eigenvalue weighted by Crippen LogP contribution is 2.26. The molecular formula is C13H21N3O4. The van der Waals surface area contributed by atoms with Crippen LogP contribution in [0.15, 0.2) is 9.32 Å². The van der Waals surface area contributed by atoms with Gasteiger partial charge in [-0.1, -0.05) is 19.0 Å². The molecule has 2 N–H and O–H groups in total. The Morgan fingerprint density at radius 2 is 2.35 bits per heavy atom. The van der Waals surface area contributed by atoms with Crippen molar-refractivity contribution in [3.63, 3.8) is 0 Å². The second-order valence-corrected chi connectivity index (χ2v) is 5.41. The summed E-state index contributed by atoms with van der Waals surface area (Å²) in [5, 5.41) is 6.42. The number of hydrogen-bond acceptors (Lipinski definition) is 5. The summed E-state index contributed by atoms with van der Waals surface area (Å²) >= 11 is 0.